The monoisotopic (exact) mass is 528 g/mol. The lowest BCUT2D eigenvalue weighted by molar-refractivity contribution is 0.0702. The van der Waals surface area contributed by atoms with Crippen molar-refractivity contribution in [3.63, 3.8) is 0 Å². The highest BCUT2D eigenvalue weighted by atomic mass is 32.2. The number of imidazole rings is 1. The van der Waals surface area contributed by atoms with Crippen molar-refractivity contribution in [1.82, 2.24) is 9.55 Å². The molecule has 0 aliphatic rings. The zero-order chi connectivity index (χ0) is 26.0. The van der Waals surface area contributed by atoms with Crippen molar-refractivity contribution in [2.24, 2.45) is 0 Å². The third-order valence-electron chi connectivity index (χ3n) is 5.89. The molecule has 184 valence electrons. The molecule has 0 atom stereocenters. The summed E-state index contributed by atoms with van der Waals surface area (Å²) >= 11 is 1.10. The number of hydrogen-bond acceptors (Lipinski definition) is 6. The quantitative estimate of drug-likeness (QED) is 0.299. The van der Waals surface area contributed by atoms with Gasteiger partial charge in [0, 0.05) is 22.8 Å². The van der Waals surface area contributed by atoms with Gasteiger partial charge in [0.15, 0.2) is 0 Å². The number of carboxylic acid groups (broad SMARTS) is 1. The van der Waals surface area contributed by atoms with Crippen LogP contribution in [0.5, 0.6) is 0 Å². The lowest BCUT2D eigenvalue weighted by Gasteiger charge is -2.26. The molecule has 0 unspecified atom stereocenters. The molecular formula is C27H20N4O4S2. The number of nitriles is 1. The van der Waals surface area contributed by atoms with Gasteiger partial charge in [-0.15, -0.1) is 11.3 Å². The van der Waals surface area contributed by atoms with Crippen molar-refractivity contribution in [2.75, 3.05) is 4.31 Å². The van der Waals surface area contributed by atoms with Gasteiger partial charge in [-0.3, -0.25) is 4.31 Å². The highest BCUT2D eigenvalue weighted by Crippen LogP contribution is 2.36. The third kappa shape index (κ3) is 4.82. The van der Waals surface area contributed by atoms with E-state index in [9.17, 15) is 18.3 Å². The van der Waals surface area contributed by atoms with Gasteiger partial charge in [0.1, 0.15) is 4.88 Å². The number of aromatic nitrogens is 2. The number of anilines is 1. The highest BCUT2D eigenvalue weighted by Gasteiger charge is 2.28. The summed E-state index contributed by atoms with van der Waals surface area (Å²) in [6, 6.07) is 24.1. The molecule has 0 saturated carbocycles. The van der Waals surface area contributed by atoms with Gasteiger partial charge >= 0.3 is 5.97 Å². The largest absolute Gasteiger partial charge is 0.477 e. The first kappa shape index (κ1) is 24.2. The molecule has 2 heterocycles. The average Bonchev–Trinajstić information content (AvgIpc) is 3.55. The van der Waals surface area contributed by atoms with Crippen LogP contribution in [0.15, 0.2) is 96.3 Å². The molecule has 0 bridgehead atoms. The van der Waals surface area contributed by atoms with Crippen LogP contribution in [-0.4, -0.2) is 29.0 Å². The van der Waals surface area contributed by atoms with Crippen LogP contribution in [-0.2, 0) is 23.1 Å². The summed E-state index contributed by atoms with van der Waals surface area (Å²) in [4.78, 5) is 16.1. The number of hydrogen-bond donors (Lipinski definition) is 1. The summed E-state index contributed by atoms with van der Waals surface area (Å²) in [5.74, 6) is -1.06. The van der Waals surface area contributed by atoms with Crippen molar-refractivity contribution in [2.45, 2.75) is 18.0 Å². The van der Waals surface area contributed by atoms with E-state index in [4.69, 9.17) is 5.26 Å². The van der Waals surface area contributed by atoms with Crippen molar-refractivity contribution in [3.05, 3.63) is 113 Å². The first-order valence-corrected chi connectivity index (χ1v) is 13.4. The molecule has 0 spiro atoms. The Morgan fingerprint density at radius 1 is 1.05 bits per heavy atom. The van der Waals surface area contributed by atoms with Gasteiger partial charge in [0.2, 0.25) is 0 Å². The second-order valence-corrected chi connectivity index (χ2v) is 11.2. The van der Waals surface area contributed by atoms with Crippen LogP contribution in [0.2, 0.25) is 0 Å². The van der Waals surface area contributed by atoms with Crippen LogP contribution in [0.25, 0.3) is 10.1 Å². The Kier molecular flexibility index (Phi) is 6.48. The summed E-state index contributed by atoms with van der Waals surface area (Å²) in [7, 11) is -4.02. The second-order valence-electron chi connectivity index (χ2n) is 8.25. The minimum absolute atomic E-state index is 0.0229. The molecule has 2 aromatic heterocycles. The fraction of sp³-hybridized carbons (Fsp3) is 0.0741. The minimum atomic E-state index is -4.02. The number of aromatic carboxylic acids is 1. The molecule has 3 aromatic carbocycles. The fourth-order valence-corrected chi connectivity index (χ4v) is 6.44. The van der Waals surface area contributed by atoms with Crippen molar-refractivity contribution >= 4 is 43.1 Å². The summed E-state index contributed by atoms with van der Waals surface area (Å²) in [6.07, 6.45) is 3.25. The molecule has 0 aliphatic heterocycles. The number of nitrogens with zero attached hydrogens (tertiary/aromatic N) is 4. The number of carbonyl (C=O) groups is 1. The Morgan fingerprint density at radius 3 is 2.51 bits per heavy atom. The van der Waals surface area contributed by atoms with E-state index in [0.717, 1.165) is 16.9 Å². The topological polar surface area (TPSA) is 116 Å². The molecule has 8 nitrogen and oxygen atoms in total. The molecule has 0 aliphatic carbocycles. The van der Waals surface area contributed by atoms with Crippen molar-refractivity contribution in [3.8, 4) is 6.07 Å². The number of sulfonamides is 1. The maximum Gasteiger partial charge on any atom is 0.345 e. The van der Waals surface area contributed by atoms with Crippen LogP contribution in [0.3, 0.4) is 0 Å². The number of rotatable bonds is 8. The standard InChI is InChI=1S/C27H20N4O4S2/c28-14-19-9-11-20(12-10-19)16-30-18-29-15-21(30)17-31(37(34,35)22-5-2-1-3-6-22)24-7-4-8-25-23(24)13-26(36-25)27(32)33/h1-13,15,18H,16-17H2,(H,32,33). The van der Waals surface area contributed by atoms with Gasteiger partial charge in [-0.2, -0.15) is 5.26 Å². The van der Waals surface area contributed by atoms with E-state index < -0.39 is 16.0 Å². The van der Waals surface area contributed by atoms with Crippen molar-refractivity contribution in [1.29, 1.82) is 5.26 Å². The van der Waals surface area contributed by atoms with Gasteiger partial charge in [-0.25, -0.2) is 18.2 Å². The number of benzene rings is 3. The predicted octanol–water partition coefficient (Wildman–Crippen LogP) is 5.11. The molecule has 37 heavy (non-hydrogen) atoms. The van der Waals surface area contributed by atoms with Gasteiger partial charge in [-0.05, 0) is 48.0 Å². The van der Waals surface area contributed by atoms with E-state index in [-0.39, 0.29) is 16.3 Å². The zero-order valence-electron chi connectivity index (χ0n) is 19.4. The Balaban J connectivity index is 1.60. The van der Waals surface area contributed by atoms with Crippen LogP contribution < -0.4 is 4.31 Å². The smallest absolute Gasteiger partial charge is 0.345 e. The molecule has 0 saturated heterocycles. The summed E-state index contributed by atoms with van der Waals surface area (Å²) < 4.78 is 31.7. The van der Waals surface area contributed by atoms with Gasteiger partial charge in [-0.1, -0.05) is 36.4 Å². The van der Waals surface area contributed by atoms with Gasteiger partial charge < -0.3 is 9.67 Å². The lowest BCUT2D eigenvalue weighted by atomic mass is 10.1. The van der Waals surface area contributed by atoms with Crippen LogP contribution in [0.1, 0.15) is 26.5 Å². The van der Waals surface area contributed by atoms with E-state index in [1.165, 1.54) is 22.5 Å². The molecule has 5 aromatic rings. The second kappa shape index (κ2) is 9.89. The molecule has 5 rings (SSSR count). The Labute approximate surface area is 217 Å². The van der Waals surface area contributed by atoms with E-state index in [1.807, 2.05) is 16.7 Å². The Hall–Kier alpha value is -4.46. The zero-order valence-corrected chi connectivity index (χ0v) is 21.0. The molecule has 0 amide bonds. The third-order valence-corrected chi connectivity index (χ3v) is 8.75. The average molecular weight is 529 g/mol. The van der Waals surface area contributed by atoms with Gasteiger partial charge in [0.05, 0.1) is 40.8 Å². The Morgan fingerprint density at radius 2 is 1.81 bits per heavy atom. The predicted molar refractivity (Wildman–Crippen MR) is 141 cm³/mol. The molecule has 10 heteroatoms. The molecular weight excluding hydrogens is 508 g/mol. The molecule has 0 fully saturated rings. The number of fused-ring (bicyclic) bond motifs is 1. The highest BCUT2D eigenvalue weighted by molar-refractivity contribution is 7.92. The minimum Gasteiger partial charge on any atom is -0.477 e. The fourth-order valence-electron chi connectivity index (χ4n) is 4.04. The van der Waals surface area contributed by atoms with Crippen LogP contribution in [0.4, 0.5) is 5.69 Å². The van der Waals surface area contributed by atoms with E-state index in [2.05, 4.69) is 11.1 Å². The lowest BCUT2D eigenvalue weighted by Crippen LogP contribution is -2.31. The van der Waals surface area contributed by atoms with Crippen molar-refractivity contribution < 1.29 is 18.3 Å². The Bertz CT molecular complexity index is 1730. The van der Waals surface area contributed by atoms with E-state index in [0.29, 0.717) is 33.6 Å². The van der Waals surface area contributed by atoms with Crippen LogP contribution >= 0.6 is 11.3 Å². The van der Waals surface area contributed by atoms with E-state index >= 15 is 0 Å². The maximum atomic E-state index is 13.9. The first-order chi connectivity index (χ1) is 17.9. The maximum absolute atomic E-state index is 13.9. The first-order valence-electron chi connectivity index (χ1n) is 11.2. The van der Waals surface area contributed by atoms with Crippen LogP contribution in [0, 0.1) is 11.3 Å². The summed E-state index contributed by atoms with van der Waals surface area (Å²) in [5.41, 5.74) is 2.52. The number of thiophene rings is 1. The number of carboxylic acids is 1. The normalized spacial score (nSPS) is 11.3. The SMILES string of the molecule is N#Cc1ccc(Cn2cncc2CN(c2cccc3sc(C(=O)O)cc23)S(=O)(=O)c2ccccc2)cc1. The summed E-state index contributed by atoms with van der Waals surface area (Å²) in [6.45, 7) is 0.414. The van der Waals surface area contributed by atoms with E-state index in [1.54, 1.807) is 61.1 Å². The van der Waals surface area contributed by atoms with Gasteiger partial charge in [0.25, 0.3) is 10.0 Å². The molecule has 0 radical (unpaired) electrons. The summed E-state index contributed by atoms with van der Waals surface area (Å²) in [5, 5.41) is 19.1. The molecule has 1 N–H and O–H groups in total.